The molecule has 0 radical (unpaired) electrons. The number of nitrogens with one attached hydrogen (secondary N) is 1. The molecule has 3 unspecified atom stereocenters. The number of phosphoric acid groups is 1. The molecule has 3 N–H and O–H groups in total. The van der Waals surface area contributed by atoms with Gasteiger partial charge in [-0.1, -0.05) is 237 Å². The zero-order valence-corrected chi connectivity index (χ0v) is 43.2. The Labute approximate surface area is 391 Å². The van der Waals surface area contributed by atoms with E-state index in [-0.39, 0.29) is 19.1 Å². The number of hydrogen-bond donors (Lipinski definition) is 3. The number of aliphatic hydroxyl groups is 1. The quantitative estimate of drug-likeness (QED) is 0.0243. The van der Waals surface area contributed by atoms with Gasteiger partial charge in [0.1, 0.15) is 13.2 Å². The summed E-state index contributed by atoms with van der Waals surface area (Å²) in [6.45, 7) is 4.81. The third-order valence-corrected chi connectivity index (χ3v) is 13.1. The summed E-state index contributed by atoms with van der Waals surface area (Å²) in [5, 5.41) is 13.9. The summed E-state index contributed by atoms with van der Waals surface area (Å²) in [6.07, 6.45) is 58.1. The maximum Gasteiger partial charge on any atom is 0.472 e. The van der Waals surface area contributed by atoms with Crippen LogP contribution in [0.1, 0.15) is 251 Å². The molecule has 9 heteroatoms. The molecule has 0 aliphatic heterocycles. The minimum atomic E-state index is -4.35. The molecule has 0 aliphatic carbocycles. The molecule has 0 spiro atoms. The van der Waals surface area contributed by atoms with E-state index in [1.54, 1.807) is 6.08 Å². The van der Waals surface area contributed by atoms with Gasteiger partial charge in [-0.05, 0) is 44.9 Å². The Morgan fingerprint density at radius 3 is 1.27 bits per heavy atom. The third-order valence-electron chi connectivity index (χ3n) is 12.1. The van der Waals surface area contributed by atoms with Gasteiger partial charge in [-0.3, -0.25) is 13.8 Å². The number of rotatable bonds is 49. The van der Waals surface area contributed by atoms with Crippen LogP contribution in [-0.4, -0.2) is 73.4 Å². The van der Waals surface area contributed by atoms with E-state index in [0.29, 0.717) is 17.4 Å². The summed E-state index contributed by atoms with van der Waals surface area (Å²) in [7, 11) is 1.55. The number of quaternary nitrogens is 1. The molecule has 3 atom stereocenters. The highest BCUT2D eigenvalue weighted by Gasteiger charge is 2.27. The number of hydrogen-bond acceptors (Lipinski definition) is 5. The van der Waals surface area contributed by atoms with Gasteiger partial charge in [0.25, 0.3) is 0 Å². The fourth-order valence-electron chi connectivity index (χ4n) is 7.84. The smallest absolute Gasteiger partial charge is 0.387 e. The summed E-state index contributed by atoms with van der Waals surface area (Å²) >= 11 is 0. The Hall–Kier alpha value is -1.28. The largest absolute Gasteiger partial charge is 0.472 e. The van der Waals surface area contributed by atoms with E-state index in [4.69, 9.17) is 9.05 Å². The normalized spacial score (nSPS) is 14.3. The highest BCUT2D eigenvalue weighted by atomic mass is 31.2. The number of aliphatic hydroxyl groups excluding tert-OH is 1. The van der Waals surface area contributed by atoms with Gasteiger partial charge in [0.15, 0.2) is 0 Å². The van der Waals surface area contributed by atoms with Gasteiger partial charge in [0, 0.05) is 6.42 Å². The first-order valence-electron chi connectivity index (χ1n) is 26.9. The molecule has 63 heavy (non-hydrogen) atoms. The monoisotopic (exact) mass is 910 g/mol. The van der Waals surface area contributed by atoms with Crippen molar-refractivity contribution in [1.82, 2.24) is 5.32 Å². The molecule has 0 aromatic heterocycles. The van der Waals surface area contributed by atoms with Gasteiger partial charge >= 0.3 is 7.82 Å². The second-order valence-electron chi connectivity index (χ2n) is 19.6. The topological polar surface area (TPSA) is 105 Å². The number of likely N-dealkylation sites (N-methyl/N-ethyl adjacent to an activating group) is 1. The van der Waals surface area contributed by atoms with Gasteiger partial charge < -0.3 is 19.8 Å². The Balaban J connectivity index is 4.31. The van der Waals surface area contributed by atoms with Crippen molar-refractivity contribution in [3.8, 4) is 0 Å². The van der Waals surface area contributed by atoms with Crippen LogP contribution in [0.15, 0.2) is 36.5 Å². The van der Waals surface area contributed by atoms with E-state index >= 15 is 0 Å². The lowest BCUT2D eigenvalue weighted by molar-refractivity contribution is -0.870. The van der Waals surface area contributed by atoms with Crippen LogP contribution in [0.5, 0.6) is 0 Å². The predicted octanol–water partition coefficient (Wildman–Crippen LogP) is 15.8. The van der Waals surface area contributed by atoms with Crippen molar-refractivity contribution in [2.45, 2.75) is 264 Å². The van der Waals surface area contributed by atoms with Crippen molar-refractivity contribution in [1.29, 1.82) is 0 Å². The van der Waals surface area contributed by atoms with Crippen molar-refractivity contribution in [2.24, 2.45) is 0 Å². The summed E-state index contributed by atoms with van der Waals surface area (Å²) in [6, 6.07) is -0.867. The molecule has 8 nitrogen and oxygen atoms in total. The standard InChI is InChI=1S/C54H105N2O6P/c1-6-8-10-12-14-16-18-20-22-24-26-27-28-30-32-34-36-38-40-42-44-46-48-54(58)55-52(51-62-63(59,60)61-50-49-56(3,4)5)53(57)47-45-43-41-39-37-35-33-31-29-25-23-21-19-17-15-13-11-9-7-2/h29,31,37,39,45,47,52-53,57H,6-28,30,32-36,38,40-44,46,48-51H2,1-5H3,(H-,55,58,59,60)/p+1/b31-29+,39-37+,47-45+. The number of nitrogens with zero attached hydrogens (tertiary/aromatic N) is 1. The zero-order chi connectivity index (χ0) is 46.4. The first kappa shape index (κ1) is 61.7. The van der Waals surface area contributed by atoms with Crippen LogP contribution in [0.2, 0.25) is 0 Å². The zero-order valence-electron chi connectivity index (χ0n) is 42.3. The maximum absolute atomic E-state index is 12.9. The lowest BCUT2D eigenvalue weighted by Crippen LogP contribution is -2.45. The minimum absolute atomic E-state index is 0.0550. The lowest BCUT2D eigenvalue weighted by atomic mass is 10.0. The van der Waals surface area contributed by atoms with Crippen molar-refractivity contribution < 1.29 is 32.9 Å². The Kier molecular flexibility index (Phi) is 44.9. The summed E-state index contributed by atoms with van der Waals surface area (Å²) in [5.74, 6) is -0.187. The molecule has 0 rings (SSSR count). The van der Waals surface area contributed by atoms with Gasteiger partial charge in [-0.25, -0.2) is 4.57 Å². The molecule has 0 aromatic carbocycles. The highest BCUT2D eigenvalue weighted by Crippen LogP contribution is 2.43. The first-order chi connectivity index (χ1) is 30.5. The Morgan fingerprint density at radius 1 is 0.524 bits per heavy atom. The highest BCUT2D eigenvalue weighted by molar-refractivity contribution is 7.47. The van der Waals surface area contributed by atoms with Gasteiger partial charge in [-0.2, -0.15) is 0 Å². The number of amides is 1. The first-order valence-corrected chi connectivity index (χ1v) is 28.4. The average Bonchev–Trinajstić information content (AvgIpc) is 3.24. The SMILES string of the molecule is CCCCCCCCCCC/C=C/CC/C=C/CC/C=C/C(O)C(COP(=O)(O)OCC[N+](C)(C)C)NC(=O)CCCCCCCCCCCCCCCCCCCCCCCC. The molecular weight excluding hydrogens is 804 g/mol. The molecule has 0 bridgehead atoms. The second-order valence-corrected chi connectivity index (χ2v) is 21.0. The average molecular weight is 910 g/mol. The summed E-state index contributed by atoms with van der Waals surface area (Å²) < 4.78 is 23.6. The number of carbonyl (C=O) groups excluding carboxylic acids is 1. The van der Waals surface area contributed by atoms with Gasteiger partial charge in [0.2, 0.25) is 5.91 Å². The predicted molar refractivity (Wildman–Crippen MR) is 272 cm³/mol. The van der Waals surface area contributed by atoms with E-state index in [1.807, 2.05) is 27.2 Å². The van der Waals surface area contributed by atoms with Gasteiger partial charge in [-0.15, -0.1) is 0 Å². The second kappa shape index (κ2) is 45.9. The molecule has 1 amide bonds. The molecule has 0 saturated heterocycles. The van der Waals surface area contributed by atoms with Gasteiger partial charge in [0.05, 0.1) is 39.9 Å². The maximum atomic E-state index is 12.9. The van der Waals surface area contributed by atoms with Crippen LogP contribution in [-0.2, 0) is 18.4 Å². The fraction of sp³-hybridized carbons (Fsp3) is 0.870. The van der Waals surface area contributed by atoms with Crippen LogP contribution >= 0.6 is 7.82 Å². The van der Waals surface area contributed by atoms with Crippen LogP contribution in [0.3, 0.4) is 0 Å². The molecule has 0 saturated carbocycles. The Morgan fingerprint density at radius 2 is 0.873 bits per heavy atom. The number of unbranched alkanes of at least 4 members (excludes halogenated alkanes) is 32. The van der Waals surface area contributed by atoms with Crippen molar-refractivity contribution in [2.75, 3.05) is 40.9 Å². The lowest BCUT2D eigenvalue weighted by Gasteiger charge is -2.25. The van der Waals surface area contributed by atoms with E-state index in [1.165, 1.54) is 186 Å². The number of phosphoric ester groups is 1. The molecule has 0 heterocycles. The van der Waals surface area contributed by atoms with Crippen molar-refractivity contribution in [3.63, 3.8) is 0 Å². The van der Waals surface area contributed by atoms with E-state index in [2.05, 4.69) is 43.5 Å². The summed E-state index contributed by atoms with van der Waals surface area (Å²) in [5.41, 5.74) is 0. The number of allylic oxidation sites excluding steroid dienone is 5. The fourth-order valence-corrected chi connectivity index (χ4v) is 8.58. The minimum Gasteiger partial charge on any atom is -0.387 e. The molecule has 0 aromatic rings. The molecular formula is C54H106N2O6P+. The van der Waals surface area contributed by atoms with E-state index in [9.17, 15) is 19.4 Å². The van der Waals surface area contributed by atoms with Crippen LogP contribution in [0, 0.1) is 0 Å². The Bertz CT molecular complexity index is 1120. The van der Waals surface area contributed by atoms with Crippen molar-refractivity contribution >= 4 is 13.7 Å². The van der Waals surface area contributed by atoms with E-state index in [0.717, 1.165) is 44.9 Å². The van der Waals surface area contributed by atoms with Crippen LogP contribution < -0.4 is 5.32 Å². The molecule has 372 valence electrons. The molecule has 0 aliphatic rings. The number of carbonyl (C=O) groups is 1. The molecule has 0 fully saturated rings. The summed E-state index contributed by atoms with van der Waals surface area (Å²) in [4.78, 5) is 23.2. The third kappa shape index (κ3) is 48.5. The van der Waals surface area contributed by atoms with Crippen molar-refractivity contribution in [3.05, 3.63) is 36.5 Å². The van der Waals surface area contributed by atoms with Crippen LogP contribution in [0.4, 0.5) is 0 Å². The van der Waals surface area contributed by atoms with E-state index < -0.39 is 20.0 Å². The van der Waals surface area contributed by atoms with Crippen LogP contribution in [0.25, 0.3) is 0 Å².